The average molecular weight is 573 g/mol. The Morgan fingerprint density at radius 2 is 1.50 bits per heavy atom. The van der Waals surface area contributed by atoms with Gasteiger partial charge in [-0.3, -0.25) is 4.79 Å². The molecule has 208 valence electrons. The molecule has 0 aliphatic carbocycles. The van der Waals surface area contributed by atoms with Crippen LogP contribution in [0.5, 0.6) is 0 Å². The van der Waals surface area contributed by atoms with Crippen molar-refractivity contribution in [3.63, 3.8) is 0 Å². The van der Waals surface area contributed by atoms with E-state index < -0.39 is 27.7 Å². The number of aromatic nitrogens is 1. The SMILES string of the molecule is O=C(O)c1ccc(Cc2cc3cc(C(F)(F)F)ccc3n2S(=O)(=O)c2ccc(C(=O)N3CCOCC3)cc2)cc1. The van der Waals surface area contributed by atoms with Gasteiger partial charge in [-0.05, 0) is 66.2 Å². The quantitative estimate of drug-likeness (QED) is 0.360. The maximum atomic E-state index is 13.9. The summed E-state index contributed by atoms with van der Waals surface area (Å²) in [7, 11) is -4.31. The van der Waals surface area contributed by atoms with Gasteiger partial charge in [-0.2, -0.15) is 13.2 Å². The van der Waals surface area contributed by atoms with Gasteiger partial charge in [-0.25, -0.2) is 17.2 Å². The molecule has 1 saturated heterocycles. The highest BCUT2D eigenvalue weighted by molar-refractivity contribution is 7.90. The highest BCUT2D eigenvalue weighted by atomic mass is 32.2. The number of carboxylic acids is 1. The Bertz CT molecular complexity index is 1690. The van der Waals surface area contributed by atoms with Gasteiger partial charge in [0.05, 0.1) is 34.8 Å². The van der Waals surface area contributed by atoms with E-state index in [1.807, 2.05) is 0 Å². The van der Waals surface area contributed by atoms with Crippen LogP contribution in [-0.4, -0.2) is 60.6 Å². The third-order valence-electron chi connectivity index (χ3n) is 6.68. The number of halogens is 3. The molecular formula is C28H23F3N2O6S. The van der Waals surface area contributed by atoms with E-state index in [0.29, 0.717) is 37.4 Å². The number of benzene rings is 3. The number of ether oxygens (including phenoxy) is 1. The number of hydrogen-bond donors (Lipinski definition) is 1. The van der Waals surface area contributed by atoms with Crippen LogP contribution in [0.4, 0.5) is 13.2 Å². The Labute approximate surface area is 227 Å². The summed E-state index contributed by atoms with van der Waals surface area (Å²) in [6.45, 7) is 1.67. The molecule has 1 N–H and O–H groups in total. The van der Waals surface area contributed by atoms with Crippen molar-refractivity contribution >= 4 is 32.8 Å². The minimum absolute atomic E-state index is 0.00274. The predicted molar refractivity (Wildman–Crippen MR) is 139 cm³/mol. The van der Waals surface area contributed by atoms with Gasteiger partial charge in [-0.15, -0.1) is 0 Å². The third-order valence-corrected chi connectivity index (χ3v) is 8.46. The van der Waals surface area contributed by atoms with Crippen LogP contribution in [0.15, 0.2) is 77.7 Å². The number of morpholine rings is 1. The van der Waals surface area contributed by atoms with Crippen LogP contribution in [-0.2, 0) is 27.4 Å². The summed E-state index contributed by atoms with van der Waals surface area (Å²) < 4.78 is 74.2. The molecule has 5 rings (SSSR count). The molecule has 4 aromatic rings. The topological polar surface area (TPSA) is 106 Å². The number of carbonyl (C=O) groups excluding carboxylic acids is 1. The molecular weight excluding hydrogens is 549 g/mol. The molecule has 0 atom stereocenters. The largest absolute Gasteiger partial charge is 0.478 e. The number of rotatable bonds is 6. The van der Waals surface area contributed by atoms with Crippen molar-refractivity contribution in [1.29, 1.82) is 0 Å². The summed E-state index contributed by atoms with van der Waals surface area (Å²) in [5.74, 6) is -1.39. The third kappa shape index (κ3) is 5.32. The number of alkyl halides is 3. The lowest BCUT2D eigenvalue weighted by Gasteiger charge is -2.26. The molecule has 3 aromatic carbocycles. The van der Waals surface area contributed by atoms with Crippen LogP contribution in [0.25, 0.3) is 10.9 Å². The summed E-state index contributed by atoms with van der Waals surface area (Å²) >= 11 is 0. The second-order valence-electron chi connectivity index (χ2n) is 9.28. The summed E-state index contributed by atoms with van der Waals surface area (Å²) in [5, 5.41) is 9.23. The fourth-order valence-corrected chi connectivity index (χ4v) is 6.17. The van der Waals surface area contributed by atoms with Crippen LogP contribution in [0.3, 0.4) is 0 Å². The molecule has 8 nitrogen and oxygen atoms in total. The highest BCUT2D eigenvalue weighted by Gasteiger charge is 2.32. The predicted octanol–water partition coefficient (Wildman–Crippen LogP) is 4.66. The number of nitrogens with zero attached hydrogens (tertiary/aromatic N) is 2. The zero-order valence-electron chi connectivity index (χ0n) is 20.9. The van der Waals surface area contributed by atoms with E-state index in [9.17, 15) is 31.2 Å². The maximum Gasteiger partial charge on any atom is 0.416 e. The van der Waals surface area contributed by atoms with E-state index in [4.69, 9.17) is 9.84 Å². The fourth-order valence-electron chi connectivity index (χ4n) is 4.63. The lowest BCUT2D eigenvalue weighted by Crippen LogP contribution is -2.40. The number of aromatic carboxylic acids is 1. The molecule has 0 radical (unpaired) electrons. The van der Waals surface area contributed by atoms with Crippen molar-refractivity contribution in [2.24, 2.45) is 0 Å². The number of carboxylic acid groups (broad SMARTS) is 1. The van der Waals surface area contributed by atoms with Gasteiger partial charge in [0.2, 0.25) is 0 Å². The smallest absolute Gasteiger partial charge is 0.416 e. The first kappa shape index (κ1) is 27.4. The molecule has 0 saturated carbocycles. The molecule has 12 heteroatoms. The minimum Gasteiger partial charge on any atom is -0.478 e. The summed E-state index contributed by atoms with van der Waals surface area (Å²) in [5.41, 5.74) is 0.222. The summed E-state index contributed by atoms with van der Waals surface area (Å²) in [4.78, 5) is 25.4. The average Bonchev–Trinajstić information content (AvgIpc) is 3.31. The van der Waals surface area contributed by atoms with E-state index in [-0.39, 0.29) is 39.4 Å². The normalized spacial score (nSPS) is 14.4. The first-order valence-electron chi connectivity index (χ1n) is 12.2. The first-order valence-corrected chi connectivity index (χ1v) is 13.7. The van der Waals surface area contributed by atoms with Crippen LogP contribution >= 0.6 is 0 Å². The van der Waals surface area contributed by atoms with Crippen molar-refractivity contribution in [3.8, 4) is 0 Å². The number of fused-ring (bicyclic) bond motifs is 1. The fraction of sp³-hybridized carbons (Fsp3) is 0.214. The van der Waals surface area contributed by atoms with E-state index in [2.05, 4.69) is 0 Å². The lowest BCUT2D eigenvalue weighted by molar-refractivity contribution is -0.137. The molecule has 0 bridgehead atoms. The number of amides is 1. The zero-order chi connectivity index (χ0) is 28.7. The van der Waals surface area contributed by atoms with Crippen LogP contribution in [0.2, 0.25) is 0 Å². The number of carbonyl (C=O) groups is 2. The molecule has 1 aliphatic rings. The van der Waals surface area contributed by atoms with E-state index in [0.717, 1.165) is 22.2 Å². The second-order valence-corrected chi connectivity index (χ2v) is 11.1. The Hall–Kier alpha value is -4.16. The Morgan fingerprint density at radius 3 is 2.10 bits per heavy atom. The summed E-state index contributed by atoms with van der Waals surface area (Å²) in [6.07, 6.45) is -4.62. The van der Waals surface area contributed by atoms with Gasteiger partial charge >= 0.3 is 12.1 Å². The van der Waals surface area contributed by atoms with Gasteiger partial charge in [0.25, 0.3) is 15.9 Å². The minimum atomic E-state index is -4.62. The van der Waals surface area contributed by atoms with Crippen LogP contribution in [0, 0.1) is 0 Å². The molecule has 1 fully saturated rings. The van der Waals surface area contributed by atoms with Gasteiger partial charge in [0.1, 0.15) is 0 Å². The van der Waals surface area contributed by atoms with Crippen molar-refractivity contribution in [2.75, 3.05) is 26.3 Å². The lowest BCUT2D eigenvalue weighted by atomic mass is 10.1. The Kier molecular flexibility index (Phi) is 7.15. The second kappa shape index (κ2) is 10.4. The molecule has 1 amide bonds. The molecule has 0 unspecified atom stereocenters. The molecule has 40 heavy (non-hydrogen) atoms. The molecule has 1 aromatic heterocycles. The maximum absolute atomic E-state index is 13.9. The molecule has 2 heterocycles. The van der Waals surface area contributed by atoms with Gasteiger partial charge in [0.15, 0.2) is 0 Å². The van der Waals surface area contributed by atoms with Crippen LogP contribution < -0.4 is 0 Å². The van der Waals surface area contributed by atoms with Crippen molar-refractivity contribution < 1.29 is 41.0 Å². The van der Waals surface area contributed by atoms with Crippen molar-refractivity contribution in [2.45, 2.75) is 17.5 Å². The van der Waals surface area contributed by atoms with E-state index in [1.165, 1.54) is 54.6 Å². The Balaban J connectivity index is 1.56. The van der Waals surface area contributed by atoms with Crippen molar-refractivity contribution in [3.05, 3.63) is 101 Å². The molecule has 1 aliphatic heterocycles. The number of hydrogen-bond acceptors (Lipinski definition) is 5. The Morgan fingerprint density at radius 1 is 0.875 bits per heavy atom. The first-order chi connectivity index (χ1) is 18.9. The molecule has 0 spiro atoms. The van der Waals surface area contributed by atoms with E-state index in [1.54, 1.807) is 4.90 Å². The zero-order valence-corrected chi connectivity index (χ0v) is 21.7. The summed E-state index contributed by atoms with van der Waals surface area (Å²) in [6, 6.07) is 15.4. The highest BCUT2D eigenvalue weighted by Crippen LogP contribution is 2.34. The monoisotopic (exact) mass is 572 g/mol. The van der Waals surface area contributed by atoms with Gasteiger partial charge in [0, 0.05) is 36.2 Å². The van der Waals surface area contributed by atoms with Crippen molar-refractivity contribution in [1.82, 2.24) is 8.87 Å². The van der Waals surface area contributed by atoms with E-state index >= 15 is 0 Å². The van der Waals surface area contributed by atoms with Gasteiger partial charge < -0.3 is 14.7 Å². The van der Waals surface area contributed by atoms with Crippen LogP contribution in [0.1, 0.15) is 37.5 Å². The van der Waals surface area contributed by atoms with Gasteiger partial charge in [-0.1, -0.05) is 12.1 Å². The standard InChI is InChI=1S/C28H23F3N2O6S/c29-28(30,31)22-7-10-25-21(16-22)17-23(15-18-1-3-20(4-2-18)27(35)36)33(25)40(37,38)24-8-5-19(6-9-24)26(34)32-11-13-39-14-12-32/h1-10,16-17H,11-15H2,(H,35,36).